The molecular formula is C84H127N15O14S. The second-order valence-electron chi connectivity index (χ2n) is 30.4. The number of phenolic OH excluding ortho intramolecular Hbond substituents is 8. The third kappa shape index (κ3) is 30.3. The second kappa shape index (κ2) is 46.7. The van der Waals surface area contributed by atoms with E-state index < -0.39 is 11.9 Å². The van der Waals surface area contributed by atoms with Gasteiger partial charge < -0.3 is 89.4 Å². The van der Waals surface area contributed by atoms with Crippen LogP contribution in [0.15, 0.2) is 90.5 Å². The van der Waals surface area contributed by atoms with Crippen molar-refractivity contribution in [3.8, 4) is 51.7 Å². The molecule has 5 heterocycles. The molecule has 0 radical (unpaired) electrons. The molecule has 5 aliphatic heterocycles. The van der Waals surface area contributed by atoms with Crippen molar-refractivity contribution in [2.75, 3.05) is 209 Å². The van der Waals surface area contributed by atoms with Crippen LogP contribution < -0.4 is 29.2 Å². The Balaban J connectivity index is 0.000000223. The van der Waals surface area contributed by atoms with Crippen LogP contribution in [0.4, 0.5) is 56.9 Å². The maximum absolute atomic E-state index is 11.5. The van der Waals surface area contributed by atoms with Gasteiger partial charge in [0.15, 0.2) is 11.5 Å². The number of rotatable bonds is 24. The SMILES string of the molecule is CC(C)=Nc1c(O)cc(N2CCN(C)CC2)cc1O.CC(C)=Nc1c(O)cc(N2CCN(C)CC2)cc1S.CCC(=O)C=Nc1c(O)cc(N2CCN(CC(C)C)CC2)cc1O.CCOC(=O)C=Nc1c(O)cc(N2CCN(CC(C)C)CC2)cc1O.CCOC(=O)C=Nc1c(O)cc(N2CCN(CC(C)C)CC2)cc1OCC. The van der Waals surface area contributed by atoms with E-state index in [1.54, 1.807) is 69.3 Å². The van der Waals surface area contributed by atoms with Gasteiger partial charge in [-0.15, -0.1) is 12.6 Å². The Kier molecular flexibility index (Phi) is 38.2. The molecule has 5 saturated heterocycles. The fraction of sp³-hybridized carbons (Fsp3) is 0.548. The van der Waals surface area contributed by atoms with Crippen molar-refractivity contribution >= 4 is 117 Å². The predicted octanol–water partition coefficient (Wildman–Crippen LogP) is 12.0. The molecule has 0 aromatic heterocycles. The molecule has 0 amide bonds. The van der Waals surface area contributed by atoms with Gasteiger partial charge >= 0.3 is 11.9 Å². The molecule has 30 heteroatoms. The first-order valence-electron chi connectivity index (χ1n) is 39.7. The van der Waals surface area contributed by atoms with Crippen molar-refractivity contribution in [2.45, 2.75) is 108 Å². The Morgan fingerprint density at radius 1 is 0.377 bits per heavy atom. The van der Waals surface area contributed by atoms with Crippen LogP contribution in [-0.4, -0.2) is 298 Å². The third-order valence-corrected chi connectivity index (χ3v) is 19.2. The van der Waals surface area contributed by atoms with E-state index in [9.17, 15) is 55.2 Å². The summed E-state index contributed by atoms with van der Waals surface area (Å²) in [5.74, 6) is 0.734. The summed E-state index contributed by atoms with van der Waals surface area (Å²) in [5.41, 5.74) is 7.02. The largest absolute Gasteiger partial charge is 0.506 e. The zero-order valence-corrected chi connectivity index (χ0v) is 70.9. The summed E-state index contributed by atoms with van der Waals surface area (Å²) in [4.78, 5) is 77.9. The molecule has 0 aliphatic carbocycles. The number of thiol groups is 1. The molecule has 5 aromatic carbocycles. The number of phenols is 8. The number of anilines is 5. The number of likely N-dealkylation sites (N-methyl/N-ethyl adjacent to an activating group) is 2. The number of carbonyl (C=O) groups is 3. The third-order valence-electron chi connectivity index (χ3n) is 18.9. The van der Waals surface area contributed by atoms with E-state index in [2.05, 4.69) is 142 Å². The number of ether oxygens (including phenoxy) is 3. The first-order valence-corrected chi connectivity index (χ1v) is 40.2. The summed E-state index contributed by atoms with van der Waals surface area (Å²) < 4.78 is 15.2. The number of aromatic hydroxyl groups is 8. The lowest BCUT2D eigenvalue weighted by atomic mass is 10.1. The van der Waals surface area contributed by atoms with E-state index in [0.717, 1.165) is 214 Å². The van der Waals surface area contributed by atoms with Gasteiger partial charge in [0.05, 0.1) is 26.0 Å². The fourth-order valence-corrected chi connectivity index (χ4v) is 13.5. The molecule has 29 nitrogen and oxygen atoms in total. The highest BCUT2D eigenvalue weighted by atomic mass is 32.1. The first kappa shape index (κ1) is 93.3. The lowest BCUT2D eigenvalue weighted by Gasteiger charge is -2.37. The highest BCUT2D eigenvalue weighted by molar-refractivity contribution is 7.80. The van der Waals surface area contributed by atoms with Gasteiger partial charge in [-0.25, -0.2) is 24.6 Å². The fourth-order valence-electron chi connectivity index (χ4n) is 13.3. The Bertz CT molecular complexity index is 3870. The topological polar surface area (TPSA) is 335 Å². The molecule has 5 fully saturated rings. The number of hydrogen-bond donors (Lipinski definition) is 9. The molecule has 5 aliphatic rings. The van der Waals surface area contributed by atoms with Crippen LogP contribution in [0.5, 0.6) is 51.7 Å². The summed E-state index contributed by atoms with van der Waals surface area (Å²) in [5, 5.41) is 81.2. The zero-order chi connectivity index (χ0) is 83.9. The van der Waals surface area contributed by atoms with Gasteiger partial charge in [-0.1, -0.05) is 48.5 Å². The second-order valence-corrected chi connectivity index (χ2v) is 30.9. The average Bonchev–Trinajstić information content (AvgIpc) is 0.850. The first-order chi connectivity index (χ1) is 54.2. The maximum atomic E-state index is 11.5. The standard InChI is InChI=1S/C20H31N3O4.C18H27N3O4.C18H27N3O3.C14H21N3O2.C14H21N3OS/c1-5-26-18-12-16(23-9-7-22(8-10-23)14-15(3)4)11-17(24)20(18)21-13-19(25)27-6-2;1-4-25-17(24)11-19-18-15(22)9-14(10-16(18)23)21-7-5-20(6-8-21)12-13(2)3;1-4-15(22)11-19-18-16(23)9-14(10-17(18)24)21-7-5-20(6-8-21)12-13(2)3;2*1-10(2)15-14-12(18)8-11(9-13(14)19)17-6-4-16(3)5-7-17/h11-13,15,24H,5-10,14H2,1-4H3;9-11,13,22-23H,4-8,12H2,1-3H3;9-11,13,23-24H,4-8,12H2,1-3H3;2*8-9,18-19H,4-7H2,1-3H3. The van der Waals surface area contributed by atoms with Crippen molar-refractivity contribution in [1.82, 2.24) is 24.5 Å². The van der Waals surface area contributed by atoms with E-state index >= 15 is 0 Å². The van der Waals surface area contributed by atoms with E-state index in [1.165, 1.54) is 0 Å². The van der Waals surface area contributed by atoms with E-state index in [4.69, 9.17) is 14.2 Å². The minimum atomic E-state index is -0.619. The van der Waals surface area contributed by atoms with E-state index in [-0.39, 0.29) is 87.7 Å². The number of ketones is 1. The number of carbonyl (C=O) groups excluding carboxylic acids is 3. The van der Waals surface area contributed by atoms with Crippen molar-refractivity contribution in [1.29, 1.82) is 0 Å². The van der Waals surface area contributed by atoms with Gasteiger partial charge in [0, 0.05) is 256 Å². The lowest BCUT2D eigenvalue weighted by Crippen LogP contribution is -2.47. The van der Waals surface area contributed by atoms with Crippen LogP contribution in [-0.2, 0) is 23.9 Å². The number of hydrogen-bond acceptors (Lipinski definition) is 30. The lowest BCUT2D eigenvalue weighted by molar-refractivity contribution is -0.135. The normalized spacial score (nSPS) is 16.1. The Labute approximate surface area is 680 Å². The van der Waals surface area contributed by atoms with Crippen molar-refractivity contribution in [3.63, 3.8) is 0 Å². The molecule has 0 atom stereocenters. The highest BCUT2D eigenvalue weighted by Gasteiger charge is 2.26. The molecule has 8 N–H and O–H groups in total. The van der Waals surface area contributed by atoms with Crippen LogP contribution >= 0.6 is 12.6 Å². The van der Waals surface area contributed by atoms with Gasteiger partial charge in [-0.05, 0) is 86.4 Å². The average molecular weight is 1600 g/mol. The molecule has 0 spiro atoms. The van der Waals surface area contributed by atoms with Gasteiger partial charge in [0.2, 0.25) is 0 Å². The molecule has 0 unspecified atom stereocenters. The van der Waals surface area contributed by atoms with Crippen LogP contribution in [0.1, 0.15) is 103 Å². The van der Waals surface area contributed by atoms with Gasteiger partial charge in [0.25, 0.3) is 0 Å². The summed E-state index contributed by atoms with van der Waals surface area (Å²) in [6, 6.07) is 17.0. The summed E-state index contributed by atoms with van der Waals surface area (Å²) in [7, 11) is 4.22. The van der Waals surface area contributed by atoms with Crippen LogP contribution in [0.25, 0.3) is 0 Å². The predicted molar refractivity (Wildman–Crippen MR) is 464 cm³/mol. The summed E-state index contributed by atoms with van der Waals surface area (Å²) >= 11 is 4.45. The Hall–Kier alpha value is -9.59. The van der Waals surface area contributed by atoms with Crippen LogP contribution in [0.2, 0.25) is 0 Å². The van der Waals surface area contributed by atoms with Crippen molar-refractivity contribution in [2.24, 2.45) is 42.7 Å². The minimum Gasteiger partial charge on any atom is -0.506 e. The molecule has 5 aromatic rings. The summed E-state index contributed by atoms with van der Waals surface area (Å²) in [6.45, 7) is 50.7. The van der Waals surface area contributed by atoms with E-state index in [1.807, 2.05) is 46.8 Å². The van der Waals surface area contributed by atoms with Gasteiger partial charge in [0.1, 0.15) is 86.9 Å². The molecule has 0 saturated carbocycles. The Morgan fingerprint density at radius 3 is 0.947 bits per heavy atom. The molecule has 10 rings (SSSR count). The molecule has 0 bridgehead atoms. The number of esters is 2. The smallest absolute Gasteiger partial charge is 0.349 e. The van der Waals surface area contributed by atoms with Gasteiger partial charge in [-0.2, -0.15) is 0 Å². The summed E-state index contributed by atoms with van der Waals surface area (Å²) in [6.07, 6.45) is 3.48. The van der Waals surface area contributed by atoms with E-state index in [0.29, 0.717) is 42.2 Å². The van der Waals surface area contributed by atoms with Crippen molar-refractivity contribution < 1.29 is 69.4 Å². The highest BCUT2D eigenvalue weighted by Crippen LogP contribution is 2.45. The number of nitrogens with zero attached hydrogens (tertiary/aromatic N) is 15. The molecule has 628 valence electrons. The van der Waals surface area contributed by atoms with Crippen LogP contribution in [0.3, 0.4) is 0 Å². The maximum Gasteiger partial charge on any atom is 0.349 e. The molecule has 114 heavy (non-hydrogen) atoms. The number of aliphatic imine (C=N–C) groups is 5. The monoisotopic (exact) mass is 1600 g/mol. The zero-order valence-electron chi connectivity index (χ0n) is 70.0. The van der Waals surface area contributed by atoms with Gasteiger partial charge in [-0.3, -0.25) is 29.5 Å². The number of benzene rings is 5. The number of piperazine rings is 5. The quantitative estimate of drug-likeness (QED) is 0.0157. The number of Topliss-reactive ketones (excluding diaryl/α,β-unsaturated/α-hetero) is 1. The Morgan fingerprint density at radius 2 is 0.649 bits per heavy atom. The minimum absolute atomic E-state index is 0.0129. The van der Waals surface area contributed by atoms with Crippen LogP contribution in [0, 0.1) is 17.8 Å². The van der Waals surface area contributed by atoms with Crippen molar-refractivity contribution in [3.05, 3.63) is 60.7 Å². The molecular weight excluding hydrogens is 1480 g/mol.